The van der Waals surface area contributed by atoms with Gasteiger partial charge >= 0.3 is 20.1 Å². The van der Waals surface area contributed by atoms with E-state index in [9.17, 15) is 14.2 Å². The first-order valence-electron chi connectivity index (χ1n) is 9.22. The van der Waals surface area contributed by atoms with Gasteiger partial charge in [-0.3, -0.25) is 5.32 Å². The van der Waals surface area contributed by atoms with Gasteiger partial charge < -0.3 is 9.47 Å². The van der Waals surface area contributed by atoms with Crippen molar-refractivity contribution in [1.29, 1.82) is 0 Å². The van der Waals surface area contributed by atoms with Crippen LogP contribution >= 0.6 is 8.03 Å². The largest absolute Gasteiger partial charge is 0.522 e. The van der Waals surface area contributed by atoms with Crippen molar-refractivity contribution in [1.82, 2.24) is 5.32 Å². The van der Waals surface area contributed by atoms with Crippen LogP contribution in [0.15, 0.2) is 30.3 Å². The number of carbonyl (C=O) groups excluding carboxylic acids is 2. The highest BCUT2D eigenvalue weighted by Gasteiger charge is 2.32. The molecule has 0 aliphatic heterocycles. The highest BCUT2D eigenvalue weighted by molar-refractivity contribution is 7.40. The Hall–Kier alpha value is -1.98. The zero-order chi connectivity index (χ0) is 19.5. The van der Waals surface area contributed by atoms with Gasteiger partial charge in [-0.25, -0.2) is 9.59 Å². The molecule has 27 heavy (non-hydrogen) atoms. The van der Waals surface area contributed by atoms with E-state index < -0.39 is 26.3 Å². The minimum Gasteiger partial charge on any atom is -0.466 e. The number of carbonyl (C=O) groups is 2. The molecule has 8 heteroatoms. The van der Waals surface area contributed by atoms with Gasteiger partial charge in [0.05, 0.1) is 7.11 Å². The summed E-state index contributed by atoms with van der Waals surface area (Å²) < 4.78 is 27.2. The summed E-state index contributed by atoms with van der Waals surface area (Å²) in [5, 5.41) is 2.64. The molecule has 1 aliphatic carbocycles. The first-order chi connectivity index (χ1) is 13.1. The predicted molar refractivity (Wildman–Crippen MR) is 100 cm³/mol. The lowest BCUT2D eigenvalue weighted by Crippen LogP contribution is -2.38. The lowest BCUT2D eigenvalue weighted by atomic mass is 9.86. The topological polar surface area (TPSA) is 90.9 Å². The molecule has 2 rings (SSSR count). The molecule has 148 valence electrons. The summed E-state index contributed by atoms with van der Waals surface area (Å²) in [4.78, 5) is 23.4. The maximum absolute atomic E-state index is 12.1. The Morgan fingerprint density at radius 3 is 2.56 bits per heavy atom. The standard InChI is InChI=1S/C19H26NO6P/c1-24-18(21)14-27(23)26-17(12-15-8-4-2-5-9-15)20-19(22)25-13-16-10-6-3-7-11-16/h3,6-7,10-11,15,17H,2,4-5,8-9,12-14H2,1H3/p+1. The molecule has 1 aromatic rings. The number of benzene rings is 1. The minimum atomic E-state index is -2.27. The number of rotatable bonds is 9. The summed E-state index contributed by atoms with van der Waals surface area (Å²) in [6.07, 6.45) is 4.41. The molecule has 0 heterocycles. The van der Waals surface area contributed by atoms with Gasteiger partial charge in [-0.15, -0.1) is 4.52 Å². The van der Waals surface area contributed by atoms with Crippen molar-refractivity contribution >= 4 is 20.1 Å². The van der Waals surface area contributed by atoms with Crippen molar-refractivity contribution in [3.8, 4) is 0 Å². The second-order valence-electron chi connectivity index (χ2n) is 6.61. The molecule has 0 aromatic heterocycles. The van der Waals surface area contributed by atoms with Crippen LogP contribution in [0.4, 0.5) is 4.79 Å². The van der Waals surface area contributed by atoms with Crippen molar-refractivity contribution in [2.45, 2.75) is 51.4 Å². The number of methoxy groups -OCH3 is 1. The highest BCUT2D eigenvalue weighted by Crippen LogP contribution is 2.31. The molecule has 1 aromatic carbocycles. The summed E-state index contributed by atoms with van der Waals surface area (Å²) in [5.41, 5.74) is 0.870. The van der Waals surface area contributed by atoms with E-state index in [-0.39, 0.29) is 12.8 Å². The van der Waals surface area contributed by atoms with Crippen molar-refractivity contribution in [2.75, 3.05) is 13.3 Å². The van der Waals surface area contributed by atoms with E-state index in [0.717, 1.165) is 31.2 Å². The zero-order valence-electron chi connectivity index (χ0n) is 15.6. The van der Waals surface area contributed by atoms with Crippen LogP contribution in [0.25, 0.3) is 0 Å². The molecule has 1 fully saturated rings. The van der Waals surface area contributed by atoms with Crippen LogP contribution in [0.5, 0.6) is 0 Å². The molecule has 7 nitrogen and oxygen atoms in total. The van der Waals surface area contributed by atoms with E-state index in [1.54, 1.807) is 0 Å². The van der Waals surface area contributed by atoms with Gasteiger partial charge in [0.15, 0.2) is 6.23 Å². The number of amides is 1. The first-order valence-corrected chi connectivity index (χ1v) is 10.6. The van der Waals surface area contributed by atoms with E-state index in [2.05, 4.69) is 10.1 Å². The lowest BCUT2D eigenvalue weighted by Gasteiger charge is -2.24. The summed E-state index contributed by atoms with van der Waals surface area (Å²) in [6, 6.07) is 9.33. The maximum atomic E-state index is 12.1. The predicted octanol–water partition coefficient (Wildman–Crippen LogP) is 4.14. The number of ether oxygens (including phenoxy) is 2. The normalized spacial score (nSPS) is 16.3. The lowest BCUT2D eigenvalue weighted by molar-refractivity contribution is -0.137. The molecule has 0 spiro atoms. The Morgan fingerprint density at radius 1 is 1.19 bits per heavy atom. The number of hydrogen-bond acceptors (Lipinski definition) is 6. The average molecular weight is 396 g/mol. The molecular weight excluding hydrogens is 369 g/mol. The molecule has 2 atom stereocenters. The highest BCUT2D eigenvalue weighted by atomic mass is 31.1. The Bertz CT molecular complexity index is 618. The van der Waals surface area contributed by atoms with Gasteiger partial charge in [-0.05, 0) is 16.0 Å². The number of nitrogens with one attached hydrogen (secondary N) is 1. The van der Waals surface area contributed by atoms with Crippen LogP contribution < -0.4 is 5.32 Å². The maximum Gasteiger partial charge on any atom is 0.522 e. The van der Waals surface area contributed by atoms with Crippen molar-refractivity contribution in [3.63, 3.8) is 0 Å². The Balaban J connectivity index is 1.87. The van der Waals surface area contributed by atoms with Crippen LogP contribution in [0.3, 0.4) is 0 Å². The second-order valence-corrected chi connectivity index (χ2v) is 7.80. The molecule has 1 N–H and O–H groups in total. The summed E-state index contributed by atoms with van der Waals surface area (Å²) in [7, 11) is -1.04. The SMILES string of the molecule is COC(=O)C[P+](=O)OC(CC1CCCCC1)NC(=O)OCc1ccccc1. The Kier molecular flexibility index (Phi) is 9.22. The average Bonchev–Trinajstić information content (AvgIpc) is 2.67. The molecule has 1 saturated carbocycles. The fourth-order valence-corrected chi connectivity index (χ4v) is 3.94. The van der Waals surface area contributed by atoms with Crippen LogP contribution in [-0.4, -0.2) is 31.6 Å². The van der Waals surface area contributed by atoms with Crippen LogP contribution in [0, 0.1) is 5.92 Å². The minimum absolute atomic E-state index is 0.136. The number of esters is 1. The molecule has 2 unspecified atom stereocenters. The monoisotopic (exact) mass is 396 g/mol. The van der Waals surface area contributed by atoms with Gasteiger partial charge in [-0.1, -0.05) is 62.4 Å². The van der Waals surface area contributed by atoms with Gasteiger partial charge in [0.2, 0.25) is 0 Å². The van der Waals surface area contributed by atoms with Crippen LogP contribution in [0.1, 0.15) is 44.1 Å². The molecule has 1 aliphatic rings. The van der Waals surface area contributed by atoms with Gasteiger partial charge in [0.1, 0.15) is 6.61 Å². The molecular formula is C19H27NO6P+. The van der Waals surface area contributed by atoms with Crippen LogP contribution in [0.2, 0.25) is 0 Å². The third-order valence-corrected chi connectivity index (χ3v) is 5.50. The van der Waals surface area contributed by atoms with E-state index >= 15 is 0 Å². The van der Waals surface area contributed by atoms with E-state index in [4.69, 9.17) is 9.26 Å². The van der Waals surface area contributed by atoms with E-state index in [0.29, 0.717) is 12.3 Å². The van der Waals surface area contributed by atoms with E-state index in [1.165, 1.54) is 13.5 Å². The van der Waals surface area contributed by atoms with Crippen molar-refractivity contribution in [2.24, 2.45) is 5.92 Å². The van der Waals surface area contributed by atoms with E-state index in [1.807, 2.05) is 30.3 Å². The molecule has 0 saturated heterocycles. The van der Waals surface area contributed by atoms with Crippen LogP contribution in [-0.2, 0) is 30.0 Å². The fraction of sp³-hybridized carbons (Fsp3) is 0.579. The summed E-state index contributed by atoms with van der Waals surface area (Å²) >= 11 is 0. The third-order valence-electron chi connectivity index (χ3n) is 4.49. The second kappa shape index (κ2) is 11.7. The van der Waals surface area contributed by atoms with Crippen molar-refractivity contribution in [3.05, 3.63) is 35.9 Å². The number of alkyl carbamates (subject to hydrolysis) is 1. The van der Waals surface area contributed by atoms with Gasteiger partial charge in [0, 0.05) is 6.42 Å². The Labute approximate surface area is 160 Å². The van der Waals surface area contributed by atoms with Crippen molar-refractivity contribution < 1.29 is 28.2 Å². The molecule has 1 amide bonds. The molecule has 0 radical (unpaired) electrons. The third kappa shape index (κ3) is 8.50. The zero-order valence-corrected chi connectivity index (χ0v) is 16.5. The fourth-order valence-electron chi connectivity index (χ4n) is 3.10. The summed E-state index contributed by atoms with van der Waals surface area (Å²) in [6.45, 7) is 0.136. The molecule has 0 bridgehead atoms. The van der Waals surface area contributed by atoms with Gasteiger partial charge in [-0.2, -0.15) is 0 Å². The summed E-state index contributed by atoms with van der Waals surface area (Å²) in [5.74, 6) is -0.223. The quantitative estimate of drug-likeness (QED) is 0.383. The Morgan fingerprint density at radius 2 is 1.89 bits per heavy atom. The number of hydrogen-bond donors (Lipinski definition) is 1. The first kappa shape index (κ1) is 21.3. The smallest absolute Gasteiger partial charge is 0.466 e. The van der Waals surface area contributed by atoms with Gasteiger partial charge in [0.25, 0.3) is 6.16 Å².